The number of hydrogen-bond acceptors (Lipinski definition) is 6. The molecular formula is C30H42O6. The first kappa shape index (κ1) is 24.8. The van der Waals surface area contributed by atoms with Crippen molar-refractivity contribution in [1.82, 2.24) is 0 Å². The molecular weight excluding hydrogens is 456 g/mol. The number of fused-ring (bicyclic) bond motifs is 4. The third-order valence-electron chi connectivity index (χ3n) is 11.9. The van der Waals surface area contributed by atoms with Gasteiger partial charge in [-0.1, -0.05) is 25.2 Å². The maximum Gasteiger partial charge on any atom is 0.144 e. The van der Waals surface area contributed by atoms with Crippen molar-refractivity contribution in [3.63, 3.8) is 0 Å². The Hall–Kier alpha value is -1.47. The number of allylic oxidation sites excluding steroid dienone is 2. The third kappa shape index (κ3) is 2.80. The maximum atomic E-state index is 13.7. The van der Waals surface area contributed by atoms with E-state index in [9.17, 15) is 15.0 Å². The Kier molecular flexibility index (Phi) is 5.21. The second kappa shape index (κ2) is 7.56. The molecule has 6 heteroatoms. The molecule has 6 rings (SSSR count). The van der Waals surface area contributed by atoms with Crippen LogP contribution in [0.3, 0.4) is 0 Å². The summed E-state index contributed by atoms with van der Waals surface area (Å²) in [6.07, 6.45) is 4.94. The maximum absolute atomic E-state index is 13.7. The van der Waals surface area contributed by atoms with Crippen LogP contribution in [0.1, 0.15) is 73.1 Å². The first-order chi connectivity index (χ1) is 16.8. The minimum absolute atomic E-state index is 0.117. The van der Waals surface area contributed by atoms with E-state index in [1.165, 1.54) is 5.57 Å². The van der Waals surface area contributed by atoms with Crippen molar-refractivity contribution in [2.45, 2.75) is 109 Å². The lowest BCUT2D eigenvalue weighted by Crippen LogP contribution is -2.68. The fraction of sp³-hybridized carbons (Fsp3) is 0.767. The summed E-state index contributed by atoms with van der Waals surface area (Å²) in [5.41, 5.74) is 0.578. The van der Waals surface area contributed by atoms with Crippen LogP contribution in [0, 0.1) is 28.6 Å². The molecule has 11 atom stereocenters. The number of carbonyl (C=O) groups excluding carboxylic acids is 1. The van der Waals surface area contributed by atoms with Crippen LogP contribution in [-0.2, 0) is 19.0 Å². The van der Waals surface area contributed by atoms with Crippen LogP contribution < -0.4 is 0 Å². The number of ether oxygens (including phenoxy) is 3. The molecule has 0 aromatic rings. The molecule has 0 radical (unpaired) electrons. The number of aliphatic hydroxyl groups excluding tert-OH is 1. The SMILES string of the molecule is C=C1O[C@@H]([C@](C)(O)C2=CC[C@H]3[C@@H]4C[C@H]5O[C@]56[C@@H](O)C(OC)CC(=O)[C@]6(C)[C@H]4CC[C@]23C)CC(C)=C1C. The molecule has 4 aliphatic carbocycles. The highest BCUT2D eigenvalue weighted by Crippen LogP contribution is 2.73. The predicted molar refractivity (Wildman–Crippen MR) is 135 cm³/mol. The van der Waals surface area contributed by atoms with E-state index in [0.717, 1.165) is 36.8 Å². The van der Waals surface area contributed by atoms with E-state index in [1.807, 2.05) is 13.8 Å². The van der Waals surface area contributed by atoms with Crippen LogP contribution in [0.5, 0.6) is 0 Å². The second-order valence-corrected chi connectivity index (χ2v) is 13.2. The van der Waals surface area contributed by atoms with Gasteiger partial charge < -0.3 is 24.4 Å². The van der Waals surface area contributed by atoms with Crippen LogP contribution >= 0.6 is 0 Å². The Bertz CT molecular complexity index is 1090. The fourth-order valence-corrected chi connectivity index (χ4v) is 9.55. The summed E-state index contributed by atoms with van der Waals surface area (Å²) in [6.45, 7) is 14.5. The predicted octanol–water partition coefficient (Wildman–Crippen LogP) is 4.25. The largest absolute Gasteiger partial charge is 0.487 e. The third-order valence-corrected chi connectivity index (χ3v) is 11.9. The molecule has 1 saturated heterocycles. The zero-order chi connectivity index (χ0) is 26.0. The Labute approximate surface area is 214 Å². The van der Waals surface area contributed by atoms with Gasteiger partial charge >= 0.3 is 0 Å². The lowest BCUT2D eigenvalue weighted by atomic mass is 9.43. The summed E-state index contributed by atoms with van der Waals surface area (Å²) < 4.78 is 18.0. The highest BCUT2D eigenvalue weighted by atomic mass is 16.6. The van der Waals surface area contributed by atoms with Gasteiger partial charge in [-0.05, 0) is 87.7 Å². The van der Waals surface area contributed by atoms with Gasteiger partial charge in [-0.3, -0.25) is 4.79 Å². The number of epoxide rings is 1. The molecule has 2 heterocycles. The molecule has 3 saturated carbocycles. The number of rotatable bonds is 3. The molecule has 0 aromatic carbocycles. The summed E-state index contributed by atoms with van der Waals surface area (Å²) in [5.74, 6) is 1.61. The first-order valence-electron chi connectivity index (χ1n) is 13.7. The Morgan fingerprint density at radius 3 is 2.61 bits per heavy atom. The normalized spacial score (nSPS) is 51.3. The van der Waals surface area contributed by atoms with E-state index < -0.39 is 28.8 Å². The van der Waals surface area contributed by atoms with Crippen molar-refractivity contribution in [2.24, 2.45) is 28.6 Å². The summed E-state index contributed by atoms with van der Waals surface area (Å²) in [6, 6.07) is 0. The molecule has 36 heavy (non-hydrogen) atoms. The molecule has 0 bridgehead atoms. The lowest BCUT2D eigenvalue weighted by molar-refractivity contribution is -0.182. The zero-order valence-corrected chi connectivity index (χ0v) is 22.6. The average molecular weight is 499 g/mol. The van der Waals surface area contributed by atoms with E-state index in [0.29, 0.717) is 24.0 Å². The van der Waals surface area contributed by atoms with Gasteiger partial charge in [0.25, 0.3) is 0 Å². The molecule has 1 unspecified atom stereocenters. The van der Waals surface area contributed by atoms with Crippen molar-refractivity contribution in [1.29, 1.82) is 0 Å². The monoisotopic (exact) mass is 498 g/mol. The van der Waals surface area contributed by atoms with E-state index in [2.05, 4.69) is 33.4 Å². The molecule has 198 valence electrons. The van der Waals surface area contributed by atoms with Crippen molar-refractivity contribution in [3.8, 4) is 0 Å². The van der Waals surface area contributed by atoms with Gasteiger partial charge in [0.05, 0.1) is 17.6 Å². The van der Waals surface area contributed by atoms with Gasteiger partial charge in [0.2, 0.25) is 0 Å². The molecule has 0 amide bonds. The summed E-state index contributed by atoms with van der Waals surface area (Å²) in [7, 11) is 1.57. The van der Waals surface area contributed by atoms with Gasteiger partial charge in [-0.25, -0.2) is 0 Å². The topological polar surface area (TPSA) is 88.5 Å². The Morgan fingerprint density at radius 2 is 1.94 bits per heavy atom. The minimum Gasteiger partial charge on any atom is -0.487 e. The molecule has 1 spiro atoms. The van der Waals surface area contributed by atoms with Crippen molar-refractivity contribution in [3.05, 3.63) is 35.1 Å². The van der Waals surface area contributed by atoms with Crippen LogP contribution in [-0.4, -0.2) is 58.7 Å². The number of ketones is 1. The number of hydrogen-bond donors (Lipinski definition) is 2. The first-order valence-corrected chi connectivity index (χ1v) is 13.7. The van der Waals surface area contributed by atoms with Gasteiger partial charge in [-0.2, -0.15) is 0 Å². The van der Waals surface area contributed by atoms with Crippen molar-refractivity contribution < 1.29 is 29.2 Å². The number of methoxy groups -OCH3 is 1. The number of Topliss-reactive ketones (excluding diaryl/α,β-unsaturated/α-hetero) is 1. The summed E-state index contributed by atoms with van der Waals surface area (Å²) >= 11 is 0. The van der Waals surface area contributed by atoms with Crippen LogP contribution in [0.2, 0.25) is 0 Å². The molecule has 2 N–H and O–H groups in total. The number of aliphatic hydroxyl groups is 2. The second-order valence-electron chi connectivity index (χ2n) is 13.2. The minimum atomic E-state index is -1.11. The highest BCUT2D eigenvalue weighted by molar-refractivity contribution is 5.89. The van der Waals surface area contributed by atoms with E-state index in [4.69, 9.17) is 14.2 Å². The van der Waals surface area contributed by atoms with Crippen LogP contribution in [0.25, 0.3) is 0 Å². The molecule has 0 aromatic heterocycles. The number of carbonyl (C=O) groups is 1. The van der Waals surface area contributed by atoms with Gasteiger partial charge in [0, 0.05) is 20.0 Å². The zero-order valence-electron chi connectivity index (χ0n) is 22.6. The van der Waals surface area contributed by atoms with Gasteiger partial charge in [0.15, 0.2) is 0 Å². The Balaban J connectivity index is 1.30. The van der Waals surface area contributed by atoms with Crippen molar-refractivity contribution in [2.75, 3.05) is 7.11 Å². The average Bonchev–Trinajstić information content (AvgIpc) is 3.45. The molecule has 6 nitrogen and oxygen atoms in total. The van der Waals surface area contributed by atoms with E-state index in [-0.39, 0.29) is 35.7 Å². The molecule has 4 fully saturated rings. The van der Waals surface area contributed by atoms with E-state index >= 15 is 0 Å². The van der Waals surface area contributed by atoms with Gasteiger partial charge in [0.1, 0.15) is 35.0 Å². The van der Waals surface area contributed by atoms with Crippen LogP contribution in [0.15, 0.2) is 35.1 Å². The molecule has 6 aliphatic rings. The fourth-order valence-electron chi connectivity index (χ4n) is 9.55. The smallest absolute Gasteiger partial charge is 0.144 e. The summed E-state index contributed by atoms with van der Waals surface area (Å²) in [4.78, 5) is 13.7. The Morgan fingerprint density at radius 1 is 1.22 bits per heavy atom. The summed E-state index contributed by atoms with van der Waals surface area (Å²) in [5, 5.41) is 23.3. The van der Waals surface area contributed by atoms with Crippen molar-refractivity contribution >= 4 is 5.78 Å². The lowest BCUT2D eigenvalue weighted by Gasteiger charge is -2.59. The van der Waals surface area contributed by atoms with E-state index in [1.54, 1.807) is 7.11 Å². The quantitative estimate of drug-likeness (QED) is 0.447. The molecule has 2 aliphatic heterocycles. The van der Waals surface area contributed by atoms with Gasteiger partial charge in [-0.15, -0.1) is 0 Å². The standard InChI is InChI=1S/C30H42O6/c1-15-12-24(35-17(3)16(15)2)29(6,33)22-9-8-19-18-13-25-30(36-25)26(32)21(34-7)14-23(31)28(30,5)20(18)10-11-27(19,22)4/h9,18-21,24-26,32-33H,3,8,10-14H2,1-2,4-7H3/t18-,19-,20-,21?,24+,25+,26-,27-,28-,29+,30-/m0/s1. The highest BCUT2D eigenvalue weighted by Gasteiger charge is 2.82. The van der Waals surface area contributed by atoms with Crippen LogP contribution in [0.4, 0.5) is 0 Å².